The molecule has 0 atom stereocenters. The van der Waals surface area contributed by atoms with E-state index >= 15 is 0 Å². The number of benzene rings is 1. The first-order chi connectivity index (χ1) is 8.63. The summed E-state index contributed by atoms with van der Waals surface area (Å²) in [5.74, 6) is 0.999. The zero-order valence-electron chi connectivity index (χ0n) is 9.77. The van der Waals surface area contributed by atoms with E-state index in [1.807, 2.05) is 0 Å². The molecule has 3 rings (SSSR count). The third-order valence-electron chi connectivity index (χ3n) is 2.90. The fourth-order valence-corrected chi connectivity index (χ4v) is 2.06. The van der Waals surface area contributed by atoms with Gasteiger partial charge >= 0.3 is 0 Å². The van der Waals surface area contributed by atoms with Gasteiger partial charge in [-0.2, -0.15) is 4.98 Å². The summed E-state index contributed by atoms with van der Waals surface area (Å²) in [5, 5.41) is 11.7. The Labute approximate surface area is 103 Å². The van der Waals surface area contributed by atoms with Crippen molar-refractivity contribution in [3.63, 3.8) is 0 Å². The van der Waals surface area contributed by atoms with Crippen LogP contribution in [-0.2, 0) is 13.1 Å². The molecular weight excluding hydrogens is 235 g/mol. The van der Waals surface area contributed by atoms with E-state index in [2.05, 4.69) is 10.1 Å². The summed E-state index contributed by atoms with van der Waals surface area (Å²) in [4.78, 5) is 5.87. The molecule has 0 bridgehead atoms. The molecule has 1 aliphatic heterocycles. The molecule has 1 aliphatic rings. The summed E-state index contributed by atoms with van der Waals surface area (Å²) in [6, 6.07) is 4.50. The number of hydrogen-bond donors (Lipinski definition) is 1. The summed E-state index contributed by atoms with van der Waals surface area (Å²) in [6.07, 6.45) is 0. The van der Waals surface area contributed by atoms with Crippen molar-refractivity contribution in [1.82, 2.24) is 15.0 Å². The van der Waals surface area contributed by atoms with Gasteiger partial charge < -0.3 is 9.42 Å². The average molecular weight is 246 g/mol. The average Bonchev–Trinajstić information content (AvgIpc) is 2.86. The van der Waals surface area contributed by atoms with Gasteiger partial charge in [0.15, 0.2) is 5.82 Å². The van der Waals surface area contributed by atoms with Gasteiger partial charge in [-0.15, -0.1) is 0 Å². The molecule has 0 fully saturated rings. The van der Waals surface area contributed by atoms with Crippen molar-refractivity contribution in [3.05, 3.63) is 46.9 Å². The van der Waals surface area contributed by atoms with Crippen LogP contribution in [0.2, 0.25) is 0 Å². The van der Waals surface area contributed by atoms with Gasteiger partial charge in [0.25, 0.3) is 0 Å². The second-order valence-electron chi connectivity index (χ2n) is 4.24. The lowest BCUT2D eigenvalue weighted by atomic mass is 10.1. The Balaban J connectivity index is 1.84. The van der Waals surface area contributed by atoms with Crippen molar-refractivity contribution >= 4 is 5.84 Å². The van der Waals surface area contributed by atoms with Gasteiger partial charge in [-0.1, -0.05) is 11.2 Å². The second kappa shape index (κ2) is 3.90. The molecule has 0 unspecified atom stereocenters. The molecule has 92 valence electrons. The number of rotatable bonds is 2. The Morgan fingerprint density at radius 1 is 1.50 bits per heavy atom. The summed E-state index contributed by atoms with van der Waals surface area (Å²) in [6.45, 7) is 2.68. The molecule has 0 spiro atoms. The number of hydrogen-bond acceptors (Lipinski definition) is 4. The molecule has 1 aromatic carbocycles. The first kappa shape index (κ1) is 10.9. The van der Waals surface area contributed by atoms with Crippen molar-refractivity contribution in [2.45, 2.75) is 20.0 Å². The Bertz CT molecular complexity index is 622. The van der Waals surface area contributed by atoms with Gasteiger partial charge in [0.1, 0.15) is 11.7 Å². The molecule has 1 aromatic heterocycles. The minimum absolute atomic E-state index is 0.292. The van der Waals surface area contributed by atoms with Crippen molar-refractivity contribution < 1.29 is 8.91 Å². The van der Waals surface area contributed by atoms with E-state index in [4.69, 9.17) is 9.93 Å². The second-order valence-corrected chi connectivity index (χ2v) is 4.24. The minimum atomic E-state index is -0.325. The SMILES string of the molecule is Cc1noc(CN2Cc3ccc(F)cc3C2=N)n1. The van der Waals surface area contributed by atoms with Crippen LogP contribution in [0.3, 0.4) is 0 Å². The molecule has 2 aromatic rings. The third kappa shape index (κ3) is 1.75. The lowest BCUT2D eigenvalue weighted by molar-refractivity contribution is 0.312. The Hall–Kier alpha value is -2.24. The highest BCUT2D eigenvalue weighted by atomic mass is 19.1. The van der Waals surface area contributed by atoms with Gasteiger partial charge in [0, 0.05) is 12.1 Å². The molecule has 18 heavy (non-hydrogen) atoms. The molecule has 2 heterocycles. The number of nitrogens with one attached hydrogen (secondary N) is 1. The van der Waals surface area contributed by atoms with Crippen LogP contribution in [0.15, 0.2) is 22.7 Å². The summed E-state index contributed by atoms with van der Waals surface area (Å²) in [5.41, 5.74) is 1.57. The van der Waals surface area contributed by atoms with Crippen LogP contribution < -0.4 is 0 Å². The van der Waals surface area contributed by atoms with E-state index in [1.165, 1.54) is 12.1 Å². The lowest BCUT2D eigenvalue weighted by Gasteiger charge is -2.14. The van der Waals surface area contributed by atoms with E-state index in [1.54, 1.807) is 17.9 Å². The highest BCUT2D eigenvalue weighted by Gasteiger charge is 2.25. The molecule has 0 radical (unpaired) electrons. The Morgan fingerprint density at radius 3 is 3.06 bits per heavy atom. The topological polar surface area (TPSA) is 66.0 Å². The maximum Gasteiger partial charge on any atom is 0.246 e. The normalized spacial score (nSPS) is 14.1. The molecule has 1 N–H and O–H groups in total. The number of aromatic nitrogens is 2. The maximum atomic E-state index is 13.1. The van der Waals surface area contributed by atoms with Crippen LogP contribution in [0.1, 0.15) is 22.8 Å². The zero-order valence-corrected chi connectivity index (χ0v) is 9.77. The number of amidine groups is 1. The van der Waals surface area contributed by atoms with Crippen molar-refractivity contribution in [2.75, 3.05) is 0 Å². The van der Waals surface area contributed by atoms with E-state index in [9.17, 15) is 4.39 Å². The van der Waals surface area contributed by atoms with E-state index < -0.39 is 0 Å². The first-order valence-corrected chi connectivity index (χ1v) is 5.55. The number of fused-ring (bicyclic) bond motifs is 1. The highest BCUT2D eigenvalue weighted by Crippen LogP contribution is 2.24. The van der Waals surface area contributed by atoms with E-state index in [0.717, 1.165) is 5.56 Å². The van der Waals surface area contributed by atoms with Crippen molar-refractivity contribution in [2.24, 2.45) is 0 Å². The molecule has 6 heteroatoms. The fraction of sp³-hybridized carbons (Fsp3) is 0.250. The quantitative estimate of drug-likeness (QED) is 0.878. The van der Waals surface area contributed by atoms with E-state index in [-0.39, 0.29) is 5.82 Å². The Kier molecular flexibility index (Phi) is 2.36. The maximum absolute atomic E-state index is 13.1. The van der Waals surface area contributed by atoms with Gasteiger partial charge in [-0.3, -0.25) is 5.41 Å². The highest BCUT2D eigenvalue weighted by molar-refractivity contribution is 6.00. The summed E-state index contributed by atoms with van der Waals surface area (Å²) < 4.78 is 18.2. The minimum Gasteiger partial charge on any atom is -0.343 e. The van der Waals surface area contributed by atoms with Crippen LogP contribution >= 0.6 is 0 Å². The standard InChI is InChI=1S/C12H11FN4O/c1-7-15-11(18-16-7)6-17-5-8-2-3-9(13)4-10(8)12(17)14/h2-4,14H,5-6H2,1H3. The molecular formula is C12H11FN4O. The van der Waals surface area contributed by atoms with Crippen LogP contribution in [-0.4, -0.2) is 20.9 Å². The first-order valence-electron chi connectivity index (χ1n) is 5.55. The van der Waals surface area contributed by atoms with Crippen molar-refractivity contribution in [1.29, 1.82) is 5.41 Å². The number of nitrogens with zero attached hydrogens (tertiary/aromatic N) is 3. The van der Waals surface area contributed by atoms with Gasteiger partial charge in [-0.25, -0.2) is 4.39 Å². The number of aryl methyl sites for hydroxylation is 1. The molecule has 0 amide bonds. The van der Waals surface area contributed by atoms with Gasteiger partial charge in [0.05, 0.1) is 6.54 Å². The summed E-state index contributed by atoms with van der Waals surface area (Å²) in [7, 11) is 0. The van der Waals surface area contributed by atoms with Crippen LogP contribution in [0.5, 0.6) is 0 Å². The van der Waals surface area contributed by atoms with Crippen LogP contribution in [0.4, 0.5) is 4.39 Å². The fourth-order valence-electron chi connectivity index (χ4n) is 2.06. The monoisotopic (exact) mass is 246 g/mol. The van der Waals surface area contributed by atoms with Crippen LogP contribution in [0.25, 0.3) is 0 Å². The zero-order chi connectivity index (χ0) is 12.7. The number of halogens is 1. The van der Waals surface area contributed by atoms with Gasteiger partial charge in [0.2, 0.25) is 5.89 Å². The molecule has 0 aliphatic carbocycles. The lowest BCUT2D eigenvalue weighted by Crippen LogP contribution is -2.23. The van der Waals surface area contributed by atoms with Crippen LogP contribution in [0, 0.1) is 18.2 Å². The Morgan fingerprint density at radius 2 is 2.33 bits per heavy atom. The third-order valence-corrected chi connectivity index (χ3v) is 2.90. The smallest absolute Gasteiger partial charge is 0.246 e. The molecule has 0 saturated carbocycles. The largest absolute Gasteiger partial charge is 0.343 e. The predicted molar refractivity (Wildman–Crippen MR) is 61.5 cm³/mol. The van der Waals surface area contributed by atoms with Crippen molar-refractivity contribution in [3.8, 4) is 0 Å². The predicted octanol–water partition coefficient (Wildman–Crippen LogP) is 1.86. The van der Waals surface area contributed by atoms with Gasteiger partial charge in [-0.05, 0) is 24.6 Å². The molecule has 5 nitrogen and oxygen atoms in total. The summed E-state index contributed by atoms with van der Waals surface area (Å²) >= 11 is 0. The van der Waals surface area contributed by atoms with E-state index in [0.29, 0.717) is 36.2 Å². The molecule has 0 saturated heterocycles.